The molecule has 2 aromatic heterocycles. The van der Waals surface area contributed by atoms with Crippen LogP contribution in [0.4, 0.5) is 18.9 Å². The second-order valence-electron chi connectivity index (χ2n) is 8.05. The molecule has 0 saturated heterocycles. The minimum absolute atomic E-state index is 0. The van der Waals surface area contributed by atoms with Crippen LogP contribution in [0, 0.1) is 5.92 Å². The van der Waals surface area contributed by atoms with E-state index in [1.807, 2.05) is 0 Å². The highest BCUT2D eigenvalue weighted by Crippen LogP contribution is 2.33. The van der Waals surface area contributed by atoms with Crippen LogP contribution < -0.4 is 10.6 Å². The monoisotopic (exact) mass is 526 g/mol. The van der Waals surface area contributed by atoms with Crippen molar-refractivity contribution in [3.63, 3.8) is 0 Å². The molecule has 0 bridgehead atoms. The molecule has 8 nitrogen and oxygen atoms in total. The van der Waals surface area contributed by atoms with E-state index in [0.717, 1.165) is 31.0 Å². The predicted octanol–water partition coefficient (Wildman–Crippen LogP) is 4.68. The number of hydrogen-bond donors (Lipinski definition) is 2. The first-order chi connectivity index (χ1) is 16.1. The number of hydrogen-bond acceptors (Lipinski definition) is 5. The van der Waals surface area contributed by atoms with E-state index >= 15 is 0 Å². The van der Waals surface area contributed by atoms with Crippen LogP contribution in [0.15, 0.2) is 42.9 Å². The summed E-state index contributed by atoms with van der Waals surface area (Å²) in [6, 6.07) is 5.22. The fourth-order valence-electron chi connectivity index (χ4n) is 3.33. The molecule has 0 radical (unpaired) electrons. The van der Waals surface area contributed by atoms with E-state index in [9.17, 15) is 22.8 Å². The van der Waals surface area contributed by atoms with E-state index in [0.29, 0.717) is 29.7 Å². The van der Waals surface area contributed by atoms with Gasteiger partial charge in [0.25, 0.3) is 5.91 Å². The molecule has 1 saturated carbocycles. The minimum Gasteiger partial charge on any atom is -0.342 e. The lowest BCUT2D eigenvalue weighted by Gasteiger charge is -2.15. The number of halogens is 4. The normalized spacial score (nSPS) is 14.1. The molecular weight excluding hydrogens is 505 g/mol. The molecule has 2 heterocycles. The molecule has 0 unspecified atom stereocenters. The highest BCUT2D eigenvalue weighted by molar-refractivity contribution is 7.59. The summed E-state index contributed by atoms with van der Waals surface area (Å²) in [5, 5.41) is 9.31. The number of nitrogens with zero attached hydrogens (tertiary/aromatic N) is 4. The Balaban J connectivity index is 0.00000342. The Labute approximate surface area is 210 Å². The van der Waals surface area contributed by atoms with Crippen LogP contribution in [0.25, 0.3) is 5.82 Å². The zero-order valence-corrected chi connectivity index (χ0v) is 20.2. The van der Waals surface area contributed by atoms with Crippen LogP contribution in [-0.4, -0.2) is 31.6 Å². The fraction of sp³-hybridized carbons (Fsp3) is 0.318. The van der Waals surface area contributed by atoms with Gasteiger partial charge in [0.15, 0.2) is 11.6 Å². The van der Waals surface area contributed by atoms with E-state index in [1.165, 1.54) is 17.2 Å². The second kappa shape index (κ2) is 10.6. The number of anilines is 1. The van der Waals surface area contributed by atoms with Crippen LogP contribution in [-0.2, 0) is 11.0 Å². The van der Waals surface area contributed by atoms with Crippen LogP contribution >= 0.6 is 25.1 Å². The molecule has 1 aliphatic carbocycles. The predicted molar refractivity (Wildman–Crippen MR) is 128 cm³/mol. The van der Waals surface area contributed by atoms with Gasteiger partial charge < -0.3 is 10.6 Å². The Morgan fingerprint density at radius 2 is 1.94 bits per heavy atom. The SMILES string of the molecule is C[C@H](NC(=O)c1cc(Cl)cc(C(F)(F)F)c1)c1ncnn1-c1ccc(NC(=O)CC2CC2)cn1.S. The molecule has 2 N–H and O–H groups in total. The summed E-state index contributed by atoms with van der Waals surface area (Å²) in [5.41, 5.74) is -0.713. The first-order valence-corrected chi connectivity index (χ1v) is 10.8. The molecule has 0 aliphatic heterocycles. The number of aromatic nitrogens is 4. The first-order valence-electron chi connectivity index (χ1n) is 10.4. The molecule has 4 rings (SSSR count). The Morgan fingerprint density at radius 3 is 2.57 bits per heavy atom. The molecule has 35 heavy (non-hydrogen) atoms. The van der Waals surface area contributed by atoms with Gasteiger partial charge in [0.1, 0.15) is 6.33 Å². The number of nitrogens with one attached hydrogen (secondary N) is 2. The zero-order chi connectivity index (χ0) is 24.5. The third-order valence-electron chi connectivity index (χ3n) is 5.22. The van der Waals surface area contributed by atoms with E-state index < -0.39 is 23.7 Å². The summed E-state index contributed by atoms with van der Waals surface area (Å²) in [5.74, 6) is 0.343. The Kier molecular flexibility index (Phi) is 8.06. The van der Waals surface area contributed by atoms with Crippen LogP contribution in [0.2, 0.25) is 5.02 Å². The summed E-state index contributed by atoms with van der Waals surface area (Å²) in [6.45, 7) is 1.61. The van der Waals surface area contributed by atoms with Crippen molar-refractivity contribution in [1.29, 1.82) is 0 Å². The second-order valence-corrected chi connectivity index (χ2v) is 8.49. The van der Waals surface area contributed by atoms with Gasteiger partial charge >= 0.3 is 6.18 Å². The first kappa shape index (κ1) is 26.5. The average molecular weight is 527 g/mol. The molecule has 1 atom stereocenters. The Bertz CT molecular complexity index is 1210. The van der Waals surface area contributed by atoms with E-state index in [1.54, 1.807) is 19.1 Å². The Hall–Kier alpha value is -3.12. The molecule has 1 aromatic carbocycles. The van der Waals surface area contributed by atoms with Crippen molar-refractivity contribution in [2.45, 2.75) is 38.4 Å². The molecule has 3 aromatic rings. The Morgan fingerprint density at radius 1 is 1.20 bits per heavy atom. The van der Waals surface area contributed by atoms with Crippen molar-refractivity contribution in [1.82, 2.24) is 25.1 Å². The fourth-order valence-corrected chi connectivity index (χ4v) is 3.57. The maximum absolute atomic E-state index is 13.1. The number of pyridine rings is 1. The van der Waals surface area contributed by atoms with Gasteiger partial charge in [0, 0.05) is 17.0 Å². The van der Waals surface area contributed by atoms with Gasteiger partial charge in [-0.3, -0.25) is 9.59 Å². The highest BCUT2D eigenvalue weighted by Gasteiger charge is 2.32. The molecule has 2 amide bonds. The lowest BCUT2D eigenvalue weighted by atomic mass is 10.1. The largest absolute Gasteiger partial charge is 0.416 e. The third kappa shape index (κ3) is 6.73. The third-order valence-corrected chi connectivity index (χ3v) is 5.43. The number of amides is 2. The molecule has 13 heteroatoms. The zero-order valence-electron chi connectivity index (χ0n) is 18.4. The highest BCUT2D eigenvalue weighted by atomic mass is 35.5. The quantitative estimate of drug-likeness (QED) is 0.465. The summed E-state index contributed by atoms with van der Waals surface area (Å²) < 4.78 is 40.5. The van der Waals surface area contributed by atoms with Crippen molar-refractivity contribution < 1.29 is 22.8 Å². The molecule has 0 spiro atoms. The van der Waals surface area contributed by atoms with Gasteiger partial charge in [-0.25, -0.2) is 9.97 Å². The molecular formula is C22H22ClF3N6O2S. The standard InChI is InChI=1S/C22H20ClF3N6O2.H2S/c1-12(30-21(34)14-7-15(22(24,25)26)9-16(23)8-14)20-28-11-29-32(20)18-5-4-17(10-27-18)31-19(33)6-13-2-3-13;/h4-5,7-13H,2-3,6H2,1H3,(H,30,34)(H,31,33);1H2/t12-;/m0./s1. The number of rotatable bonds is 7. The van der Waals surface area contributed by atoms with Crippen molar-refractivity contribution in [2.24, 2.45) is 5.92 Å². The number of alkyl halides is 3. The van der Waals surface area contributed by atoms with Gasteiger partial charge in [-0.2, -0.15) is 36.4 Å². The van der Waals surface area contributed by atoms with Gasteiger partial charge in [-0.1, -0.05) is 11.6 Å². The summed E-state index contributed by atoms with van der Waals surface area (Å²) >= 11 is 5.77. The number of benzene rings is 1. The topological polar surface area (TPSA) is 102 Å². The van der Waals surface area contributed by atoms with Crippen LogP contribution in [0.3, 0.4) is 0 Å². The maximum atomic E-state index is 13.1. The maximum Gasteiger partial charge on any atom is 0.416 e. The molecule has 1 aliphatic rings. The van der Waals surface area contributed by atoms with Gasteiger partial charge in [-0.05, 0) is 56.0 Å². The van der Waals surface area contributed by atoms with Crippen LogP contribution in [0.5, 0.6) is 0 Å². The number of carbonyl (C=O) groups excluding carboxylic acids is 2. The van der Waals surface area contributed by atoms with E-state index in [-0.39, 0.29) is 30.0 Å². The van der Waals surface area contributed by atoms with E-state index in [2.05, 4.69) is 25.7 Å². The van der Waals surface area contributed by atoms with Gasteiger partial charge in [0.2, 0.25) is 5.91 Å². The average Bonchev–Trinajstić information content (AvgIpc) is 3.44. The van der Waals surface area contributed by atoms with Crippen molar-refractivity contribution in [2.75, 3.05) is 5.32 Å². The summed E-state index contributed by atoms with van der Waals surface area (Å²) in [7, 11) is 0. The molecule has 1 fully saturated rings. The summed E-state index contributed by atoms with van der Waals surface area (Å²) in [4.78, 5) is 33.0. The molecule has 186 valence electrons. The lowest BCUT2D eigenvalue weighted by molar-refractivity contribution is -0.137. The lowest BCUT2D eigenvalue weighted by Crippen LogP contribution is -2.29. The van der Waals surface area contributed by atoms with E-state index in [4.69, 9.17) is 11.6 Å². The van der Waals surface area contributed by atoms with Crippen molar-refractivity contribution >= 4 is 42.6 Å². The summed E-state index contributed by atoms with van der Waals surface area (Å²) in [6.07, 6.45) is 0.764. The van der Waals surface area contributed by atoms with Crippen molar-refractivity contribution in [3.05, 3.63) is 64.8 Å². The smallest absolute Gasteiger partial charge is 0.342 e. The van der Waals surface area contributed by atoms with Crippen molar-refractivity contribution in [3.8, 4) is 5.82 Å². The van der Waals surface area contributed by atoms with Crippen LogP contribution in [0.1, 0.15) is 54.0 Å². The minimum atomic E-state index is -4.64. The van der Waals surface area contributed by atoms with Gasteiger partial charge in [-0.15, -0.1) is 0 Å². The number of carbonyl (C=O) groups is 2. The van der Waals surface area contributed by atoms with Gasteiger partial charge in [0.05, 0.1) is 23.5 Å².